The summed E-state index contributed by atoms with van der Waals surface area (Å²) in [5.74, 6) is 0. The van der Waals surface area contributed by atoms with Gasteiger partial charge in [0.05, 0.1) is 9.82 Å². The van der Waals surface area contributed by atoms with Crippen molar-refractivity contribution >= 4 is 15.7 Å². The van der Waals surface area contributed by atoms with Gasteiger partial charge in [-0.05, 0) is 24.3 Å². The second-order valence-corrected chi connectivity index (χ2v) is 7.58. The highest BCUT2D eigenvalue weighted by atomic mass is 32.2. The van der Waals surface area contributed by atoms with Crippen LogP contribution in [-0.2, 0) is 10.0 Å². The molecule has 0 amide bonds. The zero-order valence-electron chi connectivity index (χ0n) is 11.9. The van der Waals surface area contributed by atoms with E-state index >= 15 is 0 Å². The molecular formula is C13H20N2O4S. The van der Waals surface area contributed by atoms with Gasteiger partial charge in [-0.15, -0.1) is 0 Å². The van der Waals surface area contributed by atoms with E-state index in [4.69, 9.17) is 0 Å². The maximum Gasteiger partial charge on any atom is 0.270 e. The molecule has 1 aromatic rings. The first kappa shape index (κ1) is 16.6. The summed E-state index contributed by atoms with van der Waals surface area (Å²) in [6.45, 7) is 6.58. The molecule has 6 nitrogen and oxygen atoms in total. The van der Waals surface area contributed by atoms with E-state index < -0.39 is 14.9 Å². The Hall–Kier alpha value is -1.47. The van der Waals surface area contributed by atoms with Crippen molar-refractivity contribution in [1.29, 1.82) is 0 Å². The van der Waals surface area contributed by atoms with Crippen LogP contribution in [-0.4, -0.2) is 19.9 Å². The lowest BCUT2D eigenvalue weighted by Gasteiger charge is -2.17. The molecular weight excluding hydrogens is 280 g/mol. The molecule has 0 spiro atoms. The Morgan fingerprint density at radius 3 is 2.50 bits per heavy atom. The summed E-state index contributed by atoms with van der Waals surface area (Å²) in [6.07, 6.45) is 1.61. The average Bonchev–Trinajstić information content (AvgIpc) is 2.34. The van der Waals surface area contributed by atoms with Gasteiger partial charge in [0.2, 0.25) is 10.0 Å². The van der Waals surface area contributed by atoms with Gasteiger partial charge in [-0.2, -0.15) is 0 Å². The Morgan fingerprint density at radius 2 is 1.95 bits per heavy atom. The second kappa shape index (κ2) is 6.32. The normalized spacial score (nSPS) is 12.3. The van der Waals surface area contributed by atoms with E-state index in [1.165, 1.54) is 18.2 Å². The maximum atomic E-state index is 12.0. The zero-order valence-corrected chi connectivity index (χ0v) is 12.7. The highest BCUT2D eigenvalue weighted by molar-refractivity contribution is 7.89. The standard InChI is InChI=1S/C13H20N2O4S/c1-13(2,3)8-5-9-14-20(18,19)12-7-4-6-11(10-12)15(16)17/h4,6-7,10,14H,5,8-9H2,1-3H3. The van der Waals surface area contributed by atoms with E-state index in [0.29, 0.717) is 6.54 Å². The number of rotatable bonds is 6. The molecule has 0 radical (unpaired) electrons. The zero-order chi connectivity index (χ0) is 15.4. The number of benzene rings is 1. The van der Waals surface area contributed by atoms with Crippen LogP contribution in [0.25, 0.3) is 0 Å². The monoisotopic (exact) mass is 300 g/mol. The quantitative estimate of drug-likeness (QED) is 0.497. The molecule has 7 heteroatoms. The number of nitro benzene ring substituents is 1. The van der Waals surface area contributed by atoms with Crippen molar-refractivity contribution in [1.82, 2.24) is 4.72 Å². The van der Waals surface area contributed by atoms with Crippen LogP contribution in [0.15, 0.2) is 29.2 Å². The van der Waals surface area contributed by atoms with Crippen molar-refractivity contribution in [2.24, 2.45) is 5.41 Å². The van der Waals surface area contributed by atoms with E-state index in [1.807, 2.05) is 0 Å². The molecule has 0 aliphatic heterocycles. The lowest BCUT2D eigenvalue weighted by Crippen LogP contribution is -2.25. The summed E-state index contributed by atoms with van der Waals surface area (Å²) in [7, 11) is -3.69. The number of hydrogen-bond acceptors (Lipinski definition) is 4. The lowest BCUT2D eigenvalue weighted by molar-refractivity contribution is -0.385. The number of non-ortho nitro benzene ring substituents is 1. The third-order valence-corrected chi connectivity index (χ3v) is 4.19. The number of nitrogens with zero attached hydrogens (tertiary/aromatic N) is 1. The van der Waals surface area contributed by atoms with Crippen molar-refractivity contribution < 1.29 is 13.3 Å². The molecule has 20 heavy (non-hydrogen) atoms. The highest BCUT2D eigenvalue weighted by Crippen LogP contribution is 2.20. The number of sulfonamides is 1. The minimum absolute atomic E-state index is 0.0811. The minimum Gasteiger partial charge on any atom is -0.258 e. The van der Waals surface area contributed by atoms with Gasteiger partial charge >= 0.3 is 0 Å². The minimum atomic E-state index is -3.69. The third kappa shape index (κ3) is 5.26. The molecule has 0 aromatic heterocycles. The molecule has 0 unspecified atom stereocenters. The van der Waals surface area contributed by atoms with Crippen LogP contribution in [0.1, 0.15) is 33.6 Å². The topological polar surface area (TPSA) is 89.3 Å². The predicted molar refractivity (Wildman–Crippen MR) is 77.0 cm³/mol. The van der Waals surface area contributed by atoms with Gasteiger partial charge in [0.15, 0.2) is 0 Å². The van der Waals surface area contributed by atoms with E-state index in [2.05, 4.69) is 25.5 Å². The highest BCUT2D eigenvalue weighted by Gasteiger charge is 2.17. The van der Waals surface area contributed by atoms with Crippen LogP contribution in [0.2, 0.25) is 0 Å². The molecule has 0 saturated heterocycles. The average molecular weight is 300 g/mol. The van der Waals surface area contributed by atoms with Crippen LogP contribution >= 0.6 is 0 Å². The van der Waals surface area contributed by atoms with Crippen molar-refractivity contribution in [2.75, 3.05) is 6.54 Å². The molecule has 0 bridgehead atoms. The molecule has 0 atom stereocenters. The van der Waals surface area contributed by atoms with Crippen molar-refractivity contribution in [2.45, 2.75) is 38.5 Å². The van der Waals surface area contributed by atoms with E-state index in [9.17, 15) is 18.5 Å². The van der Waals surface area contributed by atoms with Gasteiger partial charge < -0.3 is 0 Å². The Morgan fingerprint density at radius 1 is 1.30 bits per heavy atom. The van der Waals surface area contributed by atoms with Gasteiger partial charge in [0.25, 0.3) is 5.69 Å². The summed E-state index contributed by atoms with van der Waals surface area (Å²) in [5.41, 5.74) is -0.0840. The third-order valence-electron chi connectivity index (χ3n) is 2.73. The summed E-state index contributed by atoms with van der Waals surface area (Å²) in [4.78, 5) is 9.95. The summed E-state index contributed by atoms with van der Waals surface area (Å²) in [5, 5.41) is 10.6. The van der Waals surface area contributed by atoms with Gasteiger partial charge in [-0.3, -0.25) is 10.1 Å². The Balaban J connectivity index is 2.70. The smallest absolute Gasteiger partial charge is 0.258 e. The summed E-state index contributed by atoms with van der Waals surface area (Å²) < 4.78 is 26.5. The Labute approximate surface area is 119 Å². The van der Waals surface area contributed by atoms with E-state index in [1.54, 1.807) is 0 Å². The van der Waals surface area contributed by atoms with Crippen LogP contribution in [0.4, 0.5) is 5.69 Å². The Kier molecular flexibility index (Phi) is 5.24. The molecule has 0 saturated carbocycles. The maximum absolute atomic E-state index is 12.0. The summed E-state index contributed by atoms with van der Waals surface area (Å²) in [6, 6.07) is 5.03. The molecule has 1 rings (SSSR count). The van der Waals surface area contributed by atoms with Gasteiger partial charge in [0.1, 0.15) is 0 Å². The number of hydrogen-bond donors (Lipinski definition) is 1. The van der Waals surface area contributed by atoms with Crippen LogP contribution in [0, 0.1) is 15.5 Å². The fraction of sp³-hybridized carbons (Fsp3) is 0.538. The van der Waals surface area contributed by atoms with Crippen molar-refractivity contribution in [3.8, 4) is 0 Å². The predicted octanol–water partition coefficient (Wildman–Crippen LogP) is 2.70. The molecule has 0 aliphatic rings. The van der Waals surface area contributed by atoms with E-state index in [-0.39, 0.29) is 16.0 Å². The van der Waals surface area contributed by atoms with Gasteiger partial charge in [-0.25, -0.2) is 13.1 Å². The first-order valence-corrected chi connectivity index (χ1v) is 7.84. The van der Waals surface area contributed by atoms with Crippen molar-refractivity contribution in [3.05, 3.63) is 34.4 Å². The van der Waals surface area contributed by atoms with Crippen LogP contribution in [0.3, 0.4) is 0 Å². The number of nitro groups is 1. The van der Waals surface area contributed by atoms with Gasteiger partial charge in [0, 0.05) is 18.7 Å². The Bertz CT molecular complexity index is 576. The van der Waals surface area contributed by atoms with Crippen LogP contribution in [0.5, 0.6) is 0 Å². The van der Waals surface area contributed by atoms with Gasteiger partial charge in [-0.1, -0.05) is 26.8 Å². The van der Waals surface area contributed by atoms with Crippen LogP contribution < -0.4 is 4.72 Å². The fourth-order valence-corrected chi connectivity index (χ4v) is 2.79. The molecule has 0 heterocycles. The molecule has 1 N–H and O–H groups in total. The number of nitrogens with one attached hydrogen (secondary N) is 1. The van der Waals surface area contributed by atoms with Crippen molar-refractivity contribution in [3.63, 3.8) is 0 Å². The first-order chi connectivity index (χ1) is 9.12. The van der Waals surface area contributed by atoms with E-state index in [0.717, 1.165) is 18.9 Å². The molecule has 112 valence electrons. The fourth-order valence-electron chi connectivity index (χ4n) is 1.67. The second-order valence-electron chi connectivity index (χ2n) is 5.82. The SMILES string of the molecule is CC(C)(C)CCCNS(=O)(=O)c1cccc([N+](=O)[O-])c1. The lowest BCUT2D eigenvalue weighted by atomic mass is 9.91. The molecule has 1 aromatic carbocycles. The first-order valence-electron chi connectivity index (χ1n) is 6.36. The molecule has 0 aliphatic carbocycles. The summed E-state index contributed by atoms with van der Waals surface area (Å²) >= 11 is 0. The molecule has 0 fully saturated rings. The largest absolute Gasteiger partial charge is 0.270 e.